The van der Waals surface area contributed by atoms with Gasteiger partial charge in [-0.2, -0.15) is 5.26 Å². The molecule has 7 heteroatoms. The van der Waals surface area contributed by atoms with Gasteiger partial charge in [-0.15, -0.1) is 0 Å². The van der Waals surface area contributed by atoms with Crippen LogP contribution in [0.25, 0.3) is 0 Å². The SMILES string of the molecule is CC(=O)OO.CCCCCCCCCCCC(=O)OOC(=O)CCCCCCCCCCC. The summed E-state index contributed by atoms with van der Waals surface area (Å²) in [6.07, 6.45) is 22.3. The quantitative estimate of drug-likeness (QED) is 0.109. The summed E-state index contributed by atoms with van der Waals surface area (Å²) in [5.41, 5.74) is 0. The first-order valence-electron chi connectivity index (χ1n) is 13.2. The zero-order valence-electron chi connectivity index (χ0n) is 21.5. The lowest BCUT2D eigenvalue weighted by molar-refractivity contribution is -0.259. The number of carbonyl (C=O) groups excluding carboxylic acids is 3. The Kier molecular flexibility index (Phi) is 28.9. The molecule has 0 aliphatic rings. The summed E-state index contributed by atoms with van der Waals surface area (Å²) in [6.45, 7) is 5.57. The number of hydrogen-bond donors (Lipinski definition) is 1. The second-order valence-corrected chi connectivity index (χ2v) is 8.65. The number of carbonyl (C=O) groups is 3. The van der Waals surface area contributed by atoms with Crippen molar-refractivity contribution in [3.8, 4) is 0 Å². The molecule has 0 bridgehead atoms. The second-order valence-electron chi connectivity index (χ2n) is 8.65. The predicted octanol–water partition coefficient (Wildman–Crippen LogP) is 7.85. The van der Waals surface area contributed by atoms with Crippen LogP contribution in [-0.2, 0) is 29.0 Å². The van der Waals surface area contributed by atoms with Crippen molar-refractivity contribution in [2.24, 2.45) is 0 Å². The molecule has 0 fully saturated rings. The van der Waals surface area contributed by atoms with E-state index in [2.05, 4.69) is 28.5 Å². The highest BCUT2D eigenvalue weighted by molar-refractivity contribution is 5.72. The summed E-state index contributed by atoms with van der Waals surface area (Å²) in [5, 5.41) is 7.29. The third kappa shape index (κ3) is 32.6. The van der Waals surface area contributed by atoms with E-state index < -0.39 is 17.9 Å². The van der Waals surface area contributed by atoms with Crippen LogP contribution in [0.15, 0.2) is 0 Å². The van der Waals surface area contributed by atoms with Crippen molar-refractivity contribution in [2.45, 2.75) is 149 Å². The second kappa shape index (κ2) is 28.4. The van der Waals surface area contributed by atoms with Crippen LogP contribution in [0.1, 0.15) is 149 Å². The Morgan fingerprint density at radius 2 is 0.758 bits per heavy atom. The topological polar surface area (TPSA) is 99.1 Å². The molecule has 196 valence electrons. The maximum absolute atomic E-state index is 11.6. The molecule has 0 saturated carbocycles. The molecular formula is C26H50O7. The maximum atomic E-state index is 11.6. The van der Waals surface area contributed by atoms with Crippen LogP contribution in [0, 0.1) is 0 Å². The van der Waals surface area contributed by atoms with Gasteiger partial charge in [0.1, 0.15) is 0 Å². The smallest absolute Gasteiger partial charge is 0.301 e. The van der Waals surface area contributed by atoms with E-state index in [1.807, 2.05) is 0 Å². The van der Waals surface area contributed by atoms with E-state index >= 15 is 0 Å². The molecular weight excluding hydrogens is 424 g/mol. The highest BCUT2D eigenvalue weighted by atomic mass is 17.2. The Hall–Kier alpha value is -1.63. The Morgan fingerprint density at radius 3 is 1.00 bits per heavy atom. The van der Waals surface area contributed by atoms with Gasteiger partial charge in [0, 0.05) is 6.92 Å². The zero-order chi connectivity index (χ0) is 25.0. The molecule has 0 aromatic rings. The van der Waals surface area contributed by atoms with Crippen molar-refractivity contribution >= 4 is 17.9 Å². The van der Waals surface area contributed by atoms with E-state index in [-0.39, 0.29) is 0 Å². The fourth-order valence-electron chi connectivity index (χ4n) is 3.34. The van der Waals surface area contributed by atoms with Gasteiger partial charge in [-0.05, 0) is 12.8 Å². The van der Waals surface area contributed by atoms with Gasteiger partial charge < -0.3 is 4.89 Å². The molecule has 0 radical (unpaired) electrons. The number of hydrogen-bond acceptors (Lipinski definition) is 7. The minimum absolute atomic E-state index is 0.334. The van der Waals surface area contributed by atoms with Gasteiger partial charge in [0.15, 0.2) is 0 Å². The van der Waals surface area contributed by atoms with Gasteiger partial charge >= 0.3 is 17.9 Å². The standard InChI is InChI=1S/C24H46O4.C2H4O3/c1-3-5-7-9-11-13-15-17-19-21-23(25)27-28-24(26)22-20-18-16-14-12-10-8-6-4-2;1-2(3)5-4/h3-22H2,1-2H3;4H,1H3. The molecule has 7 nitrogen and oxygen atoms in total. The van der Waals surface area contributed by atoms with Crippen LogP contribution >= 0.6 is 0 Å². The first-order valence-corrected chi connectivity index (χ1v) is 13.2. The normalized spacial score (nSPS) is 10.2. The van der Waals surface area contributed by atoms with Gasteiger partial charge in [0.25, 0.3) is 0 Å². The van der Waals surface area contributed by atoms with Crippen molar-refractivity contribution in [3.63, 3.8) is 0 Å². The fraction of sp³-hybridized carbons (Fsp3) is 0.885. The van der Waals surface area contributed by atoms with Crippen LogP contribution in [0.5, 0.6) is 0 Å². The van der Waals surface area contributed by atoms with Crippen molar-refractivity contribution in [3.05, 3.63) is 0 Å². The molecule has 0 amide bonds. The highest BCUT2D eigenvalue weighted by Crippen LogP contribution is 2.12. The minimum Gasteiger partial charge on any atom is -0.301 e. The molecule has 0 aromatic heterocycles. The Morgan fingerprint density at radius 1 is 0.515 bits per heavy atom. The summed E-state index contributed by atoms with van der Waals surface area (Å²) in [6, 6.07) is 0. The minimum atomic E-state index is -0.690. The molecule has 0 aromatic carbocycles. The van der Waals surface area contributed by atoms with Gasteiger partial charge in [-0.25, -0.2) is 24.2 Å². The Labute approximate surface area is 201 Å². The van der Waals surface area contributed by atoms with Crippen LogP contribution in [0.2, 0.25) is 0 Å². The lowest BCUT2D eigenvalue weighted by atomic mass is 10.1. The van der Waals surface area contributed by atoms with E-state index in [4.69, 9.17) is 5.26 Å². The molecule has 0 aliphatic carbocycles. The Balaban J connectivity index is 0. The summed E-state index contributed by atoms with van der Waals surface area (Å²) in [7, 11) is 0. The molecule has 33 heavy (non-hydrogen) atoms. The monoisotopic (exact) mass is 474 g/mol. The van der Waals surface area contributed by atoms with Crippen molar-refractivity contribution < 1.29 is 34.3 Å². The van der Waals surface area contributed by atoms with Crippen LogP contribution in [-0.4, -0.2) is 23.2 Å². The van der Waals surface area contributed by atoms with Crippen LogP contribution in [0.3, 0.4) is 0 Å². The van der Waals surface area contributed by atoms with Gasteiger partial charge in [0.2, 0.25) is 0 Å². The highest BCUT2D eigenvalue weighted by Gasteiger charge is 2.09. The summed E-state index contributed by atoms with van der Waals surface area (Å²) in [4.78, 5) is 44.8. The Bertz CT molecular complexity index is 418. The maximum Gasteiger partial charge on any atom is 0.355 e. The first kappa shape index (κ1) is 33.5. The molecule has 0 rings (SSSR count). The van der Waals surface area contributed by atoms with E-state index in [9.17, 15) is 14.4 Å². The average molecular weight is 475 g/mol. The molecule has 0 unspecified atom stereocenters. The molecule has 1 N–H and O–H groups in total. The summed E-state index contributed by atoms with van der Waals surface area (Å²) in [5.74, 6) is -1.54. The zero-order valence-corrected chi connectivity index (χ0v) is 21.5. The predicted molar refractivity (Wildman–Crippen MR) is 130 cm³/mol. The van der Waals surface area contributed by atoms with E-state index in [1.165, 1.54) is 77.0 Å². The molecule has 0 spiro atoms. The lowest BCUT2D eigenvalue weighted by Crippen LogP contribution is -2.11. The third-order valence-corrected chi connectivity index (χ3v) is 5.33. The van der Waals surface area contributed by atoms with Gasteiger partial charge in [-0.3, -0.25) is 0 Å². The lowest BCUT2D eigenvalue weighted by Gasteiger charge is -2.04. The van der Waals surface area contributed by atoms with Crippen LogP contribution < -0.4 is 0 Å². The molecule has 0 atom stereocenters. The summed E-state index contributed by atoms with van der Waals surface area (Å²) < 4.78 is 0. The van der Waals surface area contributed by atoms with Crippen LogP contribution in [0.4, 0.5) is 0 Å². The molecule has 0 aliphatic heterocycles. The summed E-state index contributed by atoms with van der Waals surface area (Å²) >= 11 is 0. The van der Waals surface area contributed by atoms with Crippen molar-refractivity contribution in [1.29, 1.82) is 0 Å². The van der Waals surface area contributed by atoms with Gasteiger partial charge in [-0.1, -0.05) is 117 Å². The fourth-order valence-corrected chi connectivity index (χ4v) is 3.34. The van der Waals surface area contributed by atoms with E-state index in [0.29, 0.717) is 12.8 Å². The largest absolute Gasteiger partial charge is 0.355 e. The van der Waals surface area contributed by atoms with E-state index in [1.54, 1.807) is 0 Å². The number of unbranched alkanes of at least 4 members (excludes halogenated alkanes) is 16. The molecule has 0 heterocycles. The average Bonchev–Trinajstić information content (AvgIpc) is 2.81. The third-order valence-electron chi connectivity index (χ3n) is 5.33. The van der Waals surface area contributed by atoms with Crippen molar-refractivity contribution in [2.75, 3.05) is 0 Å². The van der Waals surface area contributed by atoms with Gasteiger partial charge in [0.05, 0.1) is 12.8 Å². The van der Waals surface area contributed by atoms with Crippen molar-refractivity contribution in [1.82, 2.24) is 0 Å². The number of rotatable bonds is 20. The van der Waals surface area contributed by atoms with E-state index in [0.717, 1.165) is 45.4 Å². The first-order chi connectivity index (χ1) is 16.0. The molecule has 0 saturated heterocycles.